The SMILES string of the molecule is [2H]C([2H])([2H])C(N(c1cnc(-c2ccccc2)c(-c2ccccc2)n1)C([2H])([2H])C([2H])([2H])CCOCC(=O)NS(C)(=O)=O)C([2H])([2H])[2H]. The van der Waals surface area contributed by atoms with E-state index in [0.29, 0.717) is 16.8 Å². The minimum atomic E-state index is -3.88. The molecule has 0 aliphatic carbocycles. The number of nitrogens with zero attached hydrogens (tertiary/aromatic N) is 3. The molecule has 0 saturated heterocycles. The number of carbonyl (C=O) groups is 1. The molecule has 0 fully saturated rings. The Kier molecular flexibility index (Phi) is 5.55. The highest BCUT2D eigenvalue weighted by Crippen LogP contribution is 2.30. The van der Waals surface area contributed by atoms with Gasteiger partial charge in [0.15, 0.2) is 0 Å². The van der Waals surface area contributed by atoms with Gasteiger partial charge in [0.25, 0.3) is 5.91 Å². The van der Waals surface area contributed by atoms with Crippen LogP contribution in [0.15, 0.2) is 66.9 Å². The second-order valence-electron chi connectivity index (χ2n) is 7.32. The lowest BCUT2D eigenvalue weighted by molar-refractivity contribution is -0.123. The number of nitrogens with one attached hydrogen (secondary N) is 1. The van der Waals surface area contributed by atoms with Gasteiger partial charge in [-0.2, -0.15) is 0 Å². The standard InChI is InChI=1S/C26H32N4O4S/c1-20(2)30(16-10-11-17-34-19-24(31)29-35(3,32)33)23-18-27-25(21-12-6-4-7-13-21)26(28-23)22-14-8-5-9-15-22/h4-9,12-15,18,20H,10-11,16-17,19H2,1-3H3,(H,29,31)/i1D3,2D3,10D2,16D2. The minimum absolute atomic E-state index is 0.163. The van der Waals surface area contributed by atoms with E-state index < -0.39 is 74.0 Å². The van der Waals surface area contributed by atoms with Crippen molar-refractivity contribution < 1.29 is 31.7 Å². The lowest BCUT2D eigenvalue weighted by Crippen LogP contribution is -2.33. The van der Waals surface area contributed by atoms with Crippen molar-refractivity contribution in [2.75, 3.05) is 30.9 Å². The summed E-state index contributed by atoms with van der Waals surface area (Å²) in [6.07, 6.45) is -2.06. The van der Waals surface area contributed by atoms with Gasteiger partial charge < -0.3 is 9.64 Å². The molecule has 0 unspecified atom stereocenters. The average molecular weight is 507 g/mol. The number of rotatable bonds is 12. The average Bonchev–Trinajstić information content (AvgIpc) is 2.92. The molecule has 0 aliphatic heterocycles. The molecule has 0 aliphatic rings. The summed E-state index contributed by atoms with van der Waals surface area (Å²) in [6, 6.07) is 14.7. The lowest BCUT2D eigenvalue weighted by Gasteiger charge is -2.28. The van der Waals surface area contributed by atoms with E-state index in [0.717, 1.165) is 12.5 Å². The highest BCUT2D eigenvalue weighted by molar-refractivity contribution is 7.89. The number of hydrogen-bond acceptors (Lipinski definition) is 7. The molecule has 0 saturated carbocycles. The first kappa shape index (κ1) is 15.6. The third-order valence-electron chi connectivity index (χ3n) is 4.46. The summed E-state index contributed by atoms with van der Waals surface area (Å²) in [5.74, 6) is -1.59. The largest absolute Gasteiger partial charge is 0.372 e. The van der Waals surface area contributed by atoms with Crippen molar-refractivity contribution >= 4 is 21.7 Å². The molecule has 8 nitrogen and oxygen atoms in total. The van der Waals surface area contributed by atoms with E-state index >= 15 is 0 Å². The number of carbonyl (C=O) groups excluding carboxylic acids is 1. The van der Waals surface area contributed by atoms with Crippen molar-refractivity contribution in [3.63, 3.8) is 0 Å². The van der Waals surface area contributed by atoms with Gasteiger partial charge in [-0.1, -0.05) is 60.7 Å². The summed E-state index contributed by atoms with van der Waals surface area (Å²) in [7, 11) is -3.88. The zero-order chi connectivity index (χ0) is 33.8. The zero-order valence-corrected chi connectivity index (χ0v) is 19.7. The Hall–Kier alpha value is -3.30. The molecule has 1 heterocycles. The Bertz CT molecular complexity index is 1560. The fourth-order valence-electron chi connectivity index (χ4n) is 3.02. The Balaban J connectivity index is 2.14. The van der Waals surface area contributed by atoms with Gasteiger partial charge in [-0.3, -0.25) is 14.5 Å². The summed E-state index contributed by atoms with van der Waals surface area (Å²) in [4.78, 5) is 21.0. The van der Waals surface area contributed by atoms with Crippen LogP contribution in [0, 0.1) is 0 Å². The highest BCUT2D eigenvalue weighted by atomic mass is 32.2. The third kappa shape index (κ3) is 8.15. The number of sulfonamides is 1. The maximum absolute atomic E-state index is 11.7. The molecule has 1 N–H and O–H groups in total. The van der Waals surface area contributed by atoms with E-state index in [1.807, 2.05) is 0 Å². The number of ether oxygens (including phenoxy) is 1. The minimum Gasteiger partial charge on any atom is -0.372 e. The van der Waals surface area contributed by atoms with Gasteiger partial charge in [-0.05, 0) is 26.5 Å². The van der Waals surface area contributed by atoms with E-state index in [1.54, 1.807) is 65.4 Å². The van der Waals surface area contributed by atoms with E-state index in [4.69, 9.17) is 18.4 Å². The zero-order valence-electron chi connectivity index (χ0n) is 28.9. The topological polar surface area (TPSA) is 101 Å². The van der Waals surface area contributed by atoms with Crippen molar-refractivity contribution in [2.45, 2.75) is 32.5 Å². The smallest absolute Gasteiger partial charge is 0.259 e. The Labute approximate surface area is 221 Å². The van der Waals surface area contributed by atoms with Gasteiger partial charge in [0.1, 0.15) is 12.4 Å². The monoisotopic (exact) mass is 506 g/mol. The van der Waals surface area contributed by atoms with Crippen LogP contribution in [0.25, 0.3) is 22.5 Å². The number of amides is 1. The van der Waals surface area contributed by atoms with Gasteiger partial charge in [-0.25, -0.2) is 13.4 Å². The molecule has 1 aromatic heterocycles. The second kappa shape index (κ2) is 12.4. The number of anilines is 1. The Morgan fingerprint density at radius 2 is 1.71 bits per heavy atom. The molecule has 9 heteroatoms. The molecular formula is C26H32N4O4S. The number of benzene rings is 2. The first-order valence-corrected chi connectivity index (χ1v) is 12.4. The first-order chi connectivity index (χ1) is 20.6. The third-order valence-corrected chi connectivity index (χ3v) is 5.06. The van der Waals surface area contributed by atoms with Crippen LogP contribution in [0.3, 0.4) is 0 Å². The van der Waals surface area contributed by atoms with E-state index in [9.17, 15) is 13.2 Å². The predicted molar refractivity (Wildman–Crippen MR) is 138 cm³/mol. The molecule has 0 spiro atoms. The summed E-state index contributed by atoms with van der Waals surface area (Å²) in [5.41, 5.74) is 1.60. The van der Waals surface area contributed by atoms with Crippen molar-refractivity contribution in [1.29, 1.82) is 0 Å². The van der Waals surface area contributed by atoms with E-state index in [-0.39, 0.29) is 10.6 Å². The van der Waals surface area contributed by atoms with E-state index in [1.165, 1.54) is 0 Å². The fraction of sp³-hybridized carbons (Fsp3) is 0.346. The summed E-state index contributed by atoms with van der Waals surface area (Å²) >= 11 is 0. The Morgan fingerprint density at radius 1 is 1.09 bits per heavy atom. The maximum Gasteiger partial charge on any atom is 0.259 e. The van der Waals surface area contributed by atoms with Gasteiger partial charge >= 0.3 is 0 Å². The molecule has 1 amide bonds. The summed E-state index contributed by atoms with van der Waals surface area (Å²) in [5, 5.41) is 0. The van der Waals surface area contributed by atoms with Crippen molar-refractivity contribution in [2.24, 2.45) is 0 Å². The van der Waals surface area contributed by atoms with Crippen LogP contribution in [0.5, 0.6) is 0 Å². The molecule has 2 aromatic carbocycles. The van der Waals surface area contributed by atoms with Crippen molar-refractivity contribution in [3.05, 3.63) is 66.9 Å². The molecule has 0 bridgehead atoms. The van der Waals surface area contributed by atoms with Gasteiger partial charge in [0, 0.05) is 44.0 Å². The molecule has 35 heavy (non-hydrogen) atoms. The van der Waals surface area contributed by atoms with Crippen LogP contribution >= 0.6 is 0 Å². The van der Waals surface area contributed by atoms with Gasteiger partial charge in [-0.15, -0.1) is 0 Å². The number of hydrogen-bond donors (Lipinski definition) is 1. The van der Waals surface area contributed by atoms with E-state index in [2.05, 4.69) is 9.97 Å². The maximum atomic E-state index is 11.7. The number of aromatic nitrogens is 2. The quantitative estimate of drug-likeness (QED) is 0.372. The first-order valence-electron chi connectivity index (χ1n) is 15.5. The van der Waals surface area contributed by atoms with Crippen LogP contribution in [-0.2, 0) is 19.6 Å². The summed E-state index contributed by atoms with van der Waals surface area (Å²) < 4.78 is 112. The Morgan fingerprint density at radius 3 is 2.31 bits per heavy atom. The molecule has 3 aromatic rings. The van der Waals surface area contributed by atoms with Gasteiger partial charge in [0.05, 0.1) is 23.8 Å². The molecule has 186 valence electrons. The van der Waals surface area contributed by atoms with Gasteiger partial charge in [0.2, 0.25) is 10.0 Å². The highest BCUT2D eigenvalue weighted by Gasteiger charge is 2.17. The van der Waals surface area contributed by atoms with Crippen molar-refractivity contribution in [1.82, 2.24) is 14.7 Å². The van der Waals surface area contributed by atoms with Crippen LogP contribution in [0.1, 0.15) is 40.2 Å². The van der Waals surface area contributed by atoms with Crippen LogP contribution in [0.4, 0.5) is 5.82 Å². The van der Waals surface area contributed by atoms with Crippen molar-refractivity contribution in [3.8, 4) is 22.5 Å². The summed E-state index contributed by atoms with van der Waals surface area (Å²) in [6.45, 7) is -11.5. The molecule has 0 atom stereocenters. The predicted octanol–water partition coefficient (Wildman–Crippen LogP) is 3.90. The van der Waals surface area contributed by atoms with Crippen LogP contribution in [0.2, 0.25) is 0 Å². The second-order valence-corrected chi connectivity index (χ2v) is 9.07. The van der Waals surface area contributed by atoms with Crippen LogP contribution in [-0.4, -0.2) is 56.3 Å². The molecule has 0 radical (unpaired) electrons. The molecule has 3 rings (SSSR count). The fourth-order valence-corrected chi connectivity index (χ4v) is 3.49. The van der Waals surface area contributed by atoms with Crippen LogP contribution < -0.4 is 9.62 Å². The normalized spacial score (nSPS) is 17.2. The molecular weight excluding hydrogens is 464 g/mol. The lowest BCUT2D eigenvalue weighted by atomic mass is 10.0.